The molecule has 0 aromatic carbocycles. The number of hydrogen-bond donors (Lipinski definition) is 3. The Morgan fingerprint density at radius 3 is 2.74 bits per heavy atom. The van der Waals surface area contributed by atoms with Crippen molar-refractivity contribution in [2.75, 3.05) is 5.32 Å². The van der Waals surface area contributed by atoms with Crippen LogP contribution in [-0.2, 0) is 6.42 Å². The van der Waals surface area contributed by atoms with Crippen molar-refractivity contribution >= 4 is 11.7 Å². The van der Waals surface area contributed by atoms with E-state index < -0.39 is 0 Å². The van der Waals surface area contributed by atoms with Crippen molar-refractivity contribution in [1.29, 1.82) is 0 Å². The van der Waals surface area contributed by atoms with Gasteiger partial charge in [0, 0.05) is 12.5 Å². The third-order valence-electron chi connectivity index (χ3n) is 3.52. The molecule has 1 aromatic rings. The van der Waals surface area contributed by atoms with Gasteiger partial charge in [-0.2, -0.15) is 0 Å². The number of hydrogen-bond acceptors (Lipinski definition) is 4. The third kappa shape index (κ3) is 3.47. The van der Waals surface area contributed by atoms with Crippen LogP contribution in [0.1, 0.15) is 44.1 Å². The Morgan fingerprint density at radius 2 is 2.11 bits per heavy atom. The molecule has 19 heavy (non-hydrogen) atoms. The fraction of sp³-hybridized carbons (Fsp3) is 0.692. The molecule has 1 saturated carbocycles. The lowest BCUT2D eigenvalue weighted by atomic mass is 9.93. The first-order valence-corrected chi connectivity index (χ1v) is 6.80. The topological polar surface area (TPSA) is 87.4 Å². The van der Waals surface area contributed by atoms with Gasteiger partial charge in [-0.25, -0.2) is 4.79 Å². The number of rotatable bonds is 3. The lowest BCUT2D eigenvalue weighted by molar-refractivity contribution is 0.118. The molecule has 1 aromatic heterocycles. The van der Waals surface area contributed by atoms with E-state index >= 15 is 0 Å². The molecule has 3 N–H and O–H groups in total. The van der Waals surface area contributed by atoms with Crippen LogP contribution in [0, 0.1) is 6.92 Å². The van der Waals surface area contributed by atoms with Crippen molar-refractivity contribution in [3.63, 3.8) is 0 Å². The first kappa shape index (κ1) is 13.9. The molecule has 1 heterocycles. The number of nitrogens with zero attached hydrogens (tertiary/aromatic N) is 1. The molecule has 0 atom stereocenters. The van der Waals surface area contributed by atoms with Gasteiger partial charge in [-0.1, -0.05) is 12.1 Å². The van der Waals surface area contributed by atoms with Crippen LogP contribution in [0.15, 0.2) is 4.52 Å². The first-order chi connectivity index (χ1) is 9.10. The minimum absolute atomic E-state index is 0.133. The van der Waals surface area contributed by atoms with Crippen molar-refractivity contribution in [2.24, 2.45) is 0 Å². The Labute approximate surface area is 112 Å². The lowest BCUT2D eigenvalue weighted by Crippen LogP contribution is -2.41. The van der Waals surface area contributed by atoms with Crippen LogP contribution in [0.4, 0.5) is 10.5 Å². The molecular weight excluding hydrogens is 246 g/mol. The van der Waals surface area contributed by atoms with Crippen LogP contribution in [0.2, 0.25) is 0 Å². The summed E-state index contributed by atoms with van der Waals surface area (Å²) < 4.78 is 5.12. The summed E-state index contributed by atoms with van der Waals surface area (Å²) >= 11 is 0. The van der Waals surface area contributed by atoms with Gasteiger partial charge in [-0.05, 0) is 32.6 Å². The van der Waals surface area contributed by atoms with E-state index in [4.69, 9.17) is 4.52 Å². The normalized spacial score (nSPS) is 23.1. The lowest BCUT2D eigenvalue weighted by Gasteiger charge is -2.26. The second kappa shape index (κ2) is 6.06. The second-order valence-electron chi connectivity index (χ2n) is 5.02. The SMILES string of the molecule is CCc1onc(C)c1NC(=O)NC1CCC(O)CC1. The second-order valence-corrected chi connectivity index (χ2v) is 5.02. The van der Waals surface area contributed by atoms with Crippen LogP contribution in [-0.4, -0.2) is 28.4 Å². The predicted molar refractivity (Wildman–Crippen MR) is 71.0 cm³/mol. The van der Waals surface area contributed by atoms with E-state index in [2.05, 4.69) is 15.8 Å². The summed E-state index contributed by atoms with van der Waals surface area (Å²) in [5, 5.41) is 19.0. The van der Waals surface area contributed by atoms with Crippen molar-refractivity contribution < 1.29 is 14.4 Å². The van der Waals surface area contributed by atoms with E-state index in [0.29, 0.717) is 23.6 Å². The van der Waals surface area contributed by atoms with E-state index in [1.54, 1.807) is 6.92 Å². The van der Waals surface area contributed by atoms with Crippen LogP contribution < -0.4 is 10.6 Å². The largest absolute Gasteiger partial charge is 0.393 e. The Balaban J connectivity index is 1.89. The first-order valence-electron chi connectivity index (χ1n) is 6.80. The molecule has 106 valence electrons. The molecule has 6 nitrogen and oxygen atoms in total. The fourth-order valence-corrected chi connectivity index (χ4v) is 2.37. The summed E-state index contributed by atoms with van der Waals surface area (Å²) in [6, 6.07) is -0.101. The number of aryl methyl sites for hydroxylation is 2. The average molecular weight is 267 g/mol. The molecule has 0 radical (unpaired) electrons. The summed E-state index contributed by atoms with van der Waals surface area (Å²) in [6.07, 6.45) is 3.60. The summed E-state index contributed by atoms with van der Waals surface area (Å²) in [5.74, 6) is 0.687. The van der Waals surface area contributed by atoms with Gasteiger partial charge >= 0.3 is 6.03 Å². The molecule has 1 aliphatic carbocycles. The Morgan fingerprint density at radius 1 is 1.42 bits per heavy atom. The zero-order valence-corrected chi connectivity index (χ0v) is 11.4. The highest BCUT2D eigenvalue weighted by Crippen LogP contribution is 2.21. The van der Waals surface area contributed by atoms with Gasteiger partial charge in [0.15, 0.2) is 5.76 Å². The quantitative estimate of drug-likeness (QED) is 0.781. The van der Waals surface area contributed by atoms with Gasteiger partial charge in [-0.3, -0.25) is 0 Å². The minimum Gasteiger partial charge on any atom is -0.393 e. The maximum Gasteiger partial charge on any atom is 0.319 e. The maximum atomic E-state index is 11.9. The van der Waals surface area contributed by atoms with Crippen LogP contribution in [0.25, 0.3) is 0 Å². The highest BCUT2D eigenvalue weighted by molar-refractivity contribution is 5.90. The molecule has 2 amide bonds. The number of aromatic nitrogens is 1. The van der Waals surface area contributed by atoms with E-state index in [1.807, 2.05) is 6.92 Å². The fourth-order valence-electron chi connectivity index (χ4n) is 2.37. The molecule has 0 unspecified atom stereocenters. The summed E-state index contributed by atoms with van der Waals surface area (Å²) in [6.45, 7) is 3.75. The predicted octanol–water partition coefficient (Wildman–Crippen LogP) is 1.97. The van der Waals surface area contributed by atoms with E-state index in [9.17, 15) is 9.90 Å². The number of anilines is 1. The highest BCUT2D eigenvalue weighted by Gasteiger charge is 2.22. The average Bonchev–Trinajstić information content (AvgIpc) is 2.73. The molecule has 1 aliphatic rings. The summed E-state index contributed by atoms with van der Waals surface area (Å²) in [4.78, 5) is 11.9. The third-order valence-corrected chi connectivity index (χ3v) is 3.52. The maximum absolute atomic E-state index is 11.9. The van der Waals surface area contributed by atoms with Gasteiger partial charge in [-0.15, -0.1) is 0 Å². The number of nitrogens with one attached hydrogen (secondary N) is 2. The molecular formula is C13H21N3O3. The van der Waals surface area contributed by atoms with Gasteiger partial charge in [0.1, 0.15) is 11.4 Å². The van der Waals surface area contributed by atoms with Crippen LogP contribution in [0.3, 0.4) is 0 Å². The molecule has 0 saturated heterocycles. The molecule has 2 rings (SSSR count). The van der Waals surface area contributed by atoms with Crippen molar-refractivity contribution in [3.8, 4) is 0 Å². The van der Waals surface area contributed by atoms with Crippen molar-refractivity contribution in [1.82, 2.24) is 10.5 Å². The molecule has 0 aliphatic heterocycles. The molecule has 1 fully saturated rings. The molecule has 0 bridgehead atoms. The summed E-state index contributed by atoms with van der Waals surface area (Å²) in [5.41, 5.74) is 1.35. The van der Waals surface area contributed by atoms with Crippen LogP contribution >= 0.6 is 0 Å². The van der Waals surface area contributed by atoms with E-state index in [-0.39, 0.29) is 18.2 Å². The van der Waals surface area contributed by atoms with E-state index in [0.717, 1.165) is 25.7 Å². The molecule has 6 heteroatoms. The van der Waals surface area contributed by atoms with Crippen LogP contribution in [0.5, 0.6) is 0 Å². The highest BCUT2D eigenvalue weighted by atomic mass is 16.5. The molecule has 0 spiro atoms. The van der Waals surface area contributed by atoms with Gasteiger partial charge in [0.2, 0.25) is 0 Å². The van der Waals surface area contributed by atoms with Crippen molar-refractivity contribution in [2.45, 2.75) is 58.1 Å². The van der Waals surface area contributed by atoms with Gasteiger partial charge in [0.05, 0.1) is 6.10 Å². The monoisotopic (exact) mass is 267 g/mol. The van der Waals surface area contributed by atoms with Gasteiger partial charge < -0.3 is 20.3 Å². The number of aliphatic hydroxyl groups is 1. The number of aliphatic hydroxyl groups excluding tert-OH is 1. The minimum atomic E-state index is -0.234. The number of urea groups is 1. The summed E-state index contributed by atoms with van der Waals surface area (Å²) in [7, 11) is 0. The standard InChI is InChI=1S/C13H21N3O3/c1-3-11-12(8(2)16-19-11)15-13(18)14-9-4-6-10(17)7-5-9/h9-10,17H,3-7H2,1-2H3,(H2,14,15,18). The number of carbonyl (C=O) groups is 1. The smallest absolute Gasteiger partial charge is 0.319 e. The van der Waals surface area contributed by atoms with Gasteiger partial charge in [0.25, 0.3) is 0 Å². The number of amides is 2. The van der Waals surface area contributed by atoms with E-state index in [1.165, 1.54) is 0 Å². The van der Waals surface area contributed by atoms with Crippen molar-refractivity contribution in [3.05, 3.63) is 11.5 Å². The zero-order valence-electron chi connectivity index (χ0n) is 11.4. The number of carbonyl (C=O) groups excluding carboxylic acids is 1. The Kier molecular flexibility index (Phi) is 4.42. The Bertz CT molecular complexity index is 436. The Hall–Kier alpha value is -1.56. The zero-order chi connectivity index (χ0) is 13.8.